The Hall–Kier alpha value is -1.23. The van der Waals surface area contributed by atoms with E-state index in [4.69, 9.17) is 23.2 Å². The first-order valence-electron chi connectivity index (χ1n) is 5.70. The molecule has 0 aliphatic carbocycles. The molecular formula is C14H10Cl2F3N. The van der Waals surface area contributed by atoms with E-state index < -0.39 is 23.5 Å². The van der Waals surface area contributed by atoms with Crippen molar-refractivity contribution in [3.8, 4) is 0 Å². The predicted molar refractivity (Wildman–Crippen MR) is 73.7 cm³/mol. The summed E-state index contributed by atoms with van der Waals surface area (Å²) in [6, 6.07) is 4.99. The lowest BCUT2D eigenvalue weighted by Gasteiger charge is -2.19. The van der Waals surface area contributed by atoms with Crippen LogP contribution in [0.3, 0.4) is 0 Å². The lowest BCUT2D eigenvalue weighted by atomic mass is 9.97. The maximum atomic E-state index is 13.9. The summed E-state index contributed by atoms with van der Waals surface area (Å²) in [6.07, 6.45) is 0. The van der Waals surface area contributed by atoms with Crippen molar-refractivity contribution in [3.63, 3.8) is 0 Å². The SMILES string of the molecule is CNC(c1ccc(Cl)cc1F)c1cc(F)c(Cl)cc1F. The highest BCUT2D eigenvalue weighted by Gasteiger charge is 2.21. The molecule has 2 aromatic rings. The number of halogens is 5. The van der Waals surface area contributed by atoms with Gasteiger partial charge < -0.3 is 5.32 Å². The largest absolute Gasteiger partial charge is 0.309 e. The number of rotatable bonds is 3. The average Bonchev–Trinajstić information content (AvgIpc) is 2.38. The molecule has 20 heavy (non-hydrogen) atoms. The van der Waals surface area contributed by atoms with Crippen LogP contribution in [0.25, 0.3) is 0 Å². The molecule has 2 rings (SSSR count). The molecule has 0 radical (unpaired) electrons. The molecule has 1 N–H and O–H groups in total. The predicted octanol–water partition coefficient (Wildman–Crippen LogP) is 4.72. The van der Waals surface area contributed by atoms with Gasteiger partial charge in [-0.05, 0) is 31.3 Å². The third-order valence-corrected chi connectivity index (χ3v) is 3.44. The van der Waals surface area contributed by atoms with Gasteiger partial charge in [0.1, 0.15) is 17.5 Å². The van der Waals surface area contributed by atoms with E-state index in [9.17, 15) is 13.2 Å². The van der Waals surface area contributed by atoms with Crippen LogP contribution in [0.2, 0.25) is 10.0 Å². The molecule has 106 valence electrons. The first-order chi connectivity index (χ1) is 9.43. The van der Waals surface area contributed by atoms with E-state index in [0.717, 1.165) is 18.2 Å². The van der Waals surface area contributed by atoms with Gasteiger partial charge in [0.05, 0.1) is 11.1 Å². The molecule has 0 saturated carbocycles. The molecular weight excluding hydrogens is 310 g/mol. The third-order valence-electron chi connectivity index (χ3n) is 2.91. The van der Waals surface area contributed by atoms with Crippen LogP contribution in [0.5, 0.6) is 0 Å². The quantitative estimate of drug-likeness (QED) is 0.807. The van der Waals surface area contributed by atoms with E-state index in [2.05, 4.69) is 5.32 Å². The van der Waals surface area contributed by atoms with Crippen molar-refractivity contribution in [2.75, 3.05) is 7.05 Å². The fraction of sp³-hybridized carbons (Fsp3) is 0.143. The normalized spacial score (nSPS) is 12.5. The summed E-state index contributed by atoms with van der Waals surface area (Å²) in [7, 11) is 1.52. The van der Waals surface area contributed by atoms with Gasteiger partial charge in [0.25, 0.3) is 0 Å². The Bertz CT molecular complexity index is 647. The minimum atomic E-state index is -0.848. The minimum absolute atomic E-state index is 0.0318. The van der Waals surface area contributed by atoms with Crippen LogP contribution >= 0.6 is 23.2 Å². The highest BCUT2D eigenvalue weighted by Crippen LogP contribution is 2.30. The van der Waals surface area contributed by atoms with Crippen LogP contribution < -0.4 is 5.32 Å². The summed E-state index contributed by atoms with van der Waals surface area (Å²) >= 11 is 11.2. The van der Waals surface area contributed by atoms with Crippen LogP contribution in [0.1, 0.15) is 17.2 Å². The molecule has 0 saturated heterocycles. The molecule has 6 heteroatoms. The van der Waals surface area contributed by atoms with Crippen molar-refractivity contribution in [2.24, 2.45) is 0 Å². The lowest BCUT2D eigenvalue weighted by molar-refractivity contribution is 0.537. The molecule has 1 nitrogen and oxygen atoms in total. The van der Waals surface area contributed by atoms with Gasteiger partial charge in [-0.2, -0.15) is 0 Å². The average molecular weight is 320 g/mol. The van der Waals surface area contributed by atoms with Crippen LogP contribution in [0, 0.1) is 17.5 Å². The van der Waals surface area contributed by atoms with Gasteiger partial charge >= 0.3 is 0 Å². The van der Waals surface area contributed by atoms with Gasteiger partial charge in [0, 0.05) is 16.1 Å². The fourth-order valence-electron chi connectivity index (χ4n) is 1.97. The van der Waals surface area contributed by atoms with Crippen molar-refractivity contribution in [2.45, 2.75) is 6.04 Å². The first-order valence-corrected chi connectivity index (χ1v) is 6.46. The Balaban J connectivity index is 2.55. The molecule has 0 amide bonds. The number of hydrogen-bond donors (Lipinski definition) is 1. The van der Waals surface area contributed by atoms with Crippen LogP contribution in [-0.2, 0) is 0 Å². The van der Waals surface area contributed by atoms with Gasteiger partial charge in [0.2, 0.25) is 0 Å². The maximum absolute atomic E-state index is 13.9. The van der Waals surface area contributed by atoms with E-state index in [-0.39, 0.29) is 21.2 Å². The zero-order valence-corrected chi connectivity index (χ0v) is 11.9. The summed E-state index contributed by atoms with van der Waals surface area (Å²) in [5.74, 6) is -2.09. The van der Waals surface area contributed by atoms with Gasteiger partial charge in [0.15, 0.2) is 0 Å². The minimum Gasteiger partial charge on any atom is -0.309 e. The summed E-state index contributed by atoms with van der Waals surface area (Å²) in [6.45, 7) is 0. The number of nitrogens with one attached hydrogen (secondary N) is 1. The Morgan fingerprint density at radius 2 is 1.55 bits per heavy atom. The summed E-state index contributed by atoms with van der Waals surface area (Å²) < 4.78 is 41.3. The summed E-state index contributed by atoms with van der Waals surface area (Å²) in [4.78, 5) is 0. The zero-order chi connectivity index (χ0) is 14.9. The van der Waals surface area contributed by atoms with Crippen LogP contribution in [0.15, 0.2) is 30.3 Å². The number of hydrogen-bond acceptors (Lipinski definition) is 1. The molecule has 0 aliphatic rings. The molecule has 0 aliphatic heterocycles. The van der Waals surface area contributed by atoms with E-state index in [0.29, 0.717) is 0 Å². The lowest BCUT2D eigenvalue weighted by Crippen LogP contribution is -2.20. The second kappa shape index (κ2) is 6.04. The van der Waals surface area contributed by atoms with Gasteiger partial charge in [-0.1, -0.05) is 29.3 Å². The molecule has 2 aromatic carbocycles. The summed E-state index contributed by atoms with van der Waals surface area (Å²) in [5, 5.41) is 2.65. The van der Waals surface area contributed by atoms with Crippen molar-refractivity contribution >= 4 is 23.2 Å². The van der Waals surface area contributed by atoms with Crippen molar-refractivity contribution < 1.29 is 13.2 Å². The van der Waals surface area contributed by atoms with Crippen LogP contribution in [-0.4, -0.2) is 7.05 Å². The Labute approximate surface area is 124 Å². The Morgan fingerprint density at radius 3 is 2.15 bits per heavy atom. The smallest absolute Gasteiger partial charge is 0.142 e. The third kappa shape index (κ3) is 2.92. The topological polar surface area (TPSA) is 12.0 Å². The maximum Gasteiger partial charge on any atom is 0.142 e. The monoisotopic (exact) mass is 319 g/mol. The van der Waals surface area contributed by atoms with Crippen molar-refractivity contribution in [1.82, 2.24) is 5.32 Å². The molecule has 0 bridgehead atoms. The van der Waals surface area contributed by atoms with E-state index in [1.165, 1.54) is 19.2 Å². The molecule has 1 unspecified atom stereocenters. The second-order valence-corrected chi connectivity index (χ2v) is 5.02. The molecule has 1 atom stereocenters. The van der Waals surface area contributed by atoms with Gasteiger partial charge in [-0.25, -0.2) is 13.2 Å². The van der Waals surface area contributed by atoms with E-state index >= 15 is 0 Å². The zero-order valence-electron chi connectivity index (χ0n) is 10.4. The van der Waals surface area contributed by atoms with Gasteiger partial charge in [-0.15, -0.1) is 0 Å². The van der Waals surface area contributed by atoms with E-state index in [1.54, 1.807) is 0 Å². The Morgan fingerprint density at radius 1 is 0.900 bits per heavy atom. The highest BCUT2D eigenvalue weighted by molar-refractivity contribution is 6.31. The van der Waals surface area contributed by atoms with Crippen molar-refractivity contribution in [3.05, 3.63) is 69.0 Å². The van der Waals surface area contributed by atoms with Crippen molar-refractivity contribution in [1.29, 1.82) is 0 Å². The van der Waals surface area contributed by atoms with Crippen LogP contribution in [0.4, 0.5) is 13.2 Å². The molecule has 0 fully saturated rings. The first kappa shape index (κ1) is 15.2. The van der Waals surface area contributed by atoms with E-state index in [1.807, 2.05) is 0 Å². The standard InChI is InChI=1S/C14H10Cl2F3N/c1-20-14(8-3-2-7(15)4-11(8)17)9-5-13(19)10(16)6-12(9)18/h2-6,14,20H,1H3. The molecule has 0 spiro atoms. The number of benzene rings is 2. The highest BCUT2D eigenvalue weighted by atomic mass is 35.5. The van der Waals surface area contributed by atoms with Gasteiger partial charge in [-0.3, -0.25) is 0 Å². The Kier molecular flexibility index (Phi) is 4.58. The fourth-order valence-corrected chi connectivity index (χ4v) is 2.28. The molecule has 0 aromatic heterocycles. The molecule has 0 heterocycles. The summed E-state index contributed by atoms with van der Waals surface area (Å²) in [5.41, 5.74) is 0.133. The second-order valence-electron chi connectivity index (χ2n) is 4.18.